The highest BCUT2D eigenvalue weighted by molar-refractivity contribution is 5.92. The van der Waals surface area contributed by atoms with E-state index in [4.69, 9.17) is 4.74 Å². The molecule has 0 aliphatic rings. The van der Waals surface area contributed by atoms with E-state index in [2.05, 4.69) is 25.7 Å². The van der Waals surface area contributed by atoms with Crippen LogP contribution in [0.3, 0.4) is 0 Å². The predicted molar refractivity (Wildman–Crippen MR) is 91.1 cm³/mol. The largest absolute Gasteiger partial charge is 0.480 e. The van der Waals surface area contributed by atoms with Gasteiger partial charge in [0.25, 0.3) is 5.91 Å². The quantitative estimate of drug-likeness (QED) is 0.727. The zero-order valence-corrected chi connectivity index (χ0v) is 14.0. The monoisotopic (exact) mass is 338 g/mol. The number of rotatable bonds is 6. The Kier molecular flexibility index (Phi) is 4.98. The Morgan fingerprint density at radius 2 is 1.88 bits per heavy atom. The van der Waals surface area contributed by atoms with E-state index in [1.54, 1.807) is 12.1 Å². The summed E-state index contributed by atoms with van der Waals surface area (Å²) < 4.78 is 6.84. The van der Waals surface area contributed by atoms with Crippen molar-refractivity contribution in [2.75, 3.05) is 13.7 Å². The lowest BCUT2D eigenvalue weighted by Gasteiger charge is -2.06. The van der Waals surface area contributed by atoms with Gasteiger partial charge in [-0.15, -0.1) is 20.4 Å². The molecular formula is C17H18N6O2. The van der Waals surface area contributed by atoms with Gasteiger partial charge in [0.2, 0.25) is 5.88 Å². The maximum Gasteiger partial charge on any atom is 0.271 e. The molecule has 1 aromatic carbocycles. The summed E-state index contributed by atoms with van der Waals surface area (Å²) in [6.45, 7) is 0.424. The van der Waals surface area contributed by atoms with Crippen LogP contribution in [0.4, 0.5) is 0 Å². The average molecular weight is 338 g/mol. The maximum atomic E-state index is 12.0. The van der Waals surface area contributed by atoms with E-state index in [0.29, 0.717) is 18.8 Å². The Labute approximate surface area is 144 Å². The molecule has 0 spiro atoms. The van der Waals surface area contributed by atoms with Crippen LogP contribution >= 0.6 is 0 Å². The van der Waals surface area contributed by atoms with E-state index in [-0.39, 0.29) is 11.6 Å². The van der Waals surface area contributed by atoms with Gasteiger partial charge in [-0.05, 0) is 6.07 Å². The van der Waals surface area contributed by atoms with Crippen LogP contribution in [0.2, 0.25) is 0 Å². The Balaban J connectivity index is 1.59. The molecule has 0 unspecified atom stereocenters. The number of hydrogen-bond donors (Lipinski definition) is 1. The molecule has 0 saturated heterocycles. The number of carbonyl (C=O) groups excluding carboxylic acids is 1. The van der Waals surface area contributed by atoms with E-state index >= 15 is 0 Å². The fraction of sp³-hybridized carbons (Fsp3) is 0.235. The molecule has 0 radical (unpaired) electrons. The highest BCUT2D eigenvalue weighted by Crippen LogP contribution is 2.16. The van der Waals surface area contributed by atoms with Gasteiger partial charge in [-0.1, -0.05) is 30.3 Å². The lowest BCUT2D eigenvalue weighted by Crippen LogP contribution is -2.27. The zero-order valence-electron chi connectivity index (χ0n) is 14.0. The molecule has 8 nitrogen and oxygen atoms in total. The molecule has 0 bridgehead atoms. The summed E-state index contributed by atoms with van der Waals surface area (Å²) in [4.78, 5) is 12.0. The molecule has 3 aromatic rings. The number of nitrogens with one attached hydrogen (secondary N) is 1. The normalized spacial score (nSPS) is 10.5. The number of benzene rings is 1. The van der Waals surface area contributed by atoms with Crippen LogP contribution in [0.5, 0.6) is 5.88 Å². The van der Waals surface area contributed by atoms with Gasteiger partial charge in [-0.25, -0.2) is 0 Å². The molecular weight excluding hydrogens is 320 g/mol. The third-order valence-electron chi connectivity index (χ3n) is 3.71. The van der Waals surface area contributed by atoms with Crippen molar-refractivity contribution < 1.29 is 9.53 Å². The molecule has 1 N–H and O–H groups in total. The molecule has 25 heavy (non-hydrogen) atoms. The van der Waals surface area contributed by atoms with Crippen LogP contribution < -0.4 is 10.1 Å². The van der Waals surface area contributed by atoms with Gasteiger partial charge < -0.3 is 14.6 Å². The van der Waals surface area contributed by atoms with Gasteiger partial charge in [-0.2, -0.15) is 0 Å². The van der Waals surface area contributed by atoms with Crippen LogP contribution in [-0.4, -0.2) is 44.5 Å². The molecule has 0 fully saturated rings. The van der Waals surface area contributed by atoms with Gasteiger partial charge in [-0.3, -0.25) is 4.79 Å². The lowest BCUT2D eigenvalue weighted by molar-refractivity contribution is 0.0947. The van der Waals surface area contributed by atoms with Crippen molar-refractivity contribution in [2.45, 2.75) is 6.42 Å². The minimum Gasteiger partial charge on any atom is -0.480 e. The van der Waals surface area contributed by atoms with Gasteiger partial charge in [0, 0.05) is 31.6 Å². The van der Waals surface area contributed by atoms with Gasteiger partial charge >= 0.3 is 0 Å². The molecule has 8 heteroatoms. The fourth-order valence-corrected chi connectivity index (χ4v) is 2.35. The van der Waals surface area contributed by atoms with E-state index < -0.39 is 0 Å². The van der Waals surface area contributed by atoms with Gasteiger partial charge in [0.15, 0.2) is 11.5 Å². The summed E-state index contributed by atoms with van der Waals surface area (Å²) in [7, 11) is 3.41. The summed E-state index contributed by atoms with van der Waals surface area (Å²) in [6.07, 6.45) is 0.561. The fourth-order valence-electron chi connectivity index (χ4n) is 2.35. The second kappa shape index (κ2) is 7.52. The third-order valence-corrected chi connectivity index (χ3v) is 3.71. The minimum absolute atomic E-state index is 0.240. The summed E-state index contributed by atoms with van der Waals surface area (Å²) in [5.41, 5.74) is 1.24. The van der Waals surface area contributed by atoms with Crippen molar-refractivity contribution in [3.8, 4) is 17.3 Å². The van der Waals surface area contributed by atoms with Gasteiger partial charge in [0.1, 0.15) is 5.82 Å². The van der Waals surface area contributed by atoms with E-state index in [1.165, 1.54) is 7.11 Å². The van der Waals surface area contributed by atoms with E-state index in [1.807, 2.05) is 41.9 Å². The smallest absolute Gasteiger partial charge is 0.271 e. The van der Waals surface area contributed by atoms with Crippen LogP contribution in [0.1, 0.15) is 16.3 Å². The van der Waals surface area contributed by atoms with Crippen molar-refractivity contribution in [3.05, 3.63) is 54.0 Å². The minimum atomic E-state index is -0.291. The Hall–Kier alpha value is -3.29. The summed E-state index contributed by atoms with van der Waals surface area (Å²) in [5, 5.41) is 18.8. The third kappa shape index (κ3) is 3.79. The SMILES string of the molecule is COc1ccc(C(=O)NCCc2nnc(-c3ccccc3)n2C)nn1. The molecule has 0 atom stereocenters. The molecule has 0 aliphatic carbocycles. The van der Waals surface area contributed by atoms with E-state index in [9.17, 15) is 4.79 Å². The molecule has 3 rings (SSSR count). The zero-order chi connectivity index (χ0) is 17.6. The number of hydrogen-bond acceptors (Lipinski definition) is 6. The van der Waals surface area contributed by atoms with Crippen LogP contribution in [0.25, 0.3) is 11.4 Å². The number of ether oxygens (including phenoxy) is 1. The molecule has 2 heterocycles. The van der Waals surface area contributed by atoms with Crippen LogP contribution in [0.15, 0.2) is 42.5 Å². The van der Waals surface area contributed by atoms with Crippen LogP contribution in [0, 0.1) is 0 Å². The summed E-state index contributed by atoms with van der Waals surface area (Å²) in [5.74, 6) is 1.66. The number of nitrogens with zero attached hydrogens (tertiary/aromatic N) is 5. The topological polar surface area (TPSA) is 94.8 Å². The highest BCUT2D eigenvalue weighted by atomic mass is 16.5. The predicted octanol–water partition coefficient (Wildman–Crippen LogP) is 1.25. The first-order valence-corrected chi connectivity index (χ1v) is 7.78. The summed E-state index contributed by atoms with van der Waals surface area (Å²) >= 11 is 0. The van der Waals surface area contributed by atoms with Crippen molar-refractivity contribution >= 4 is 5.91 Å². The first-order valence-electron chi connectivity index (χ1n) is 7.78. The first-order chi connectivity index (χ1) is 12.2. The lowest BCUT2D eigenvalue weighted by atomic mass is 10.2. The maximum absolute atomic E-state index is 12.0. The molecule has 0 saturated carbocycles. The Morgan fingerprint density at radius 1 is 1.08 bits per heavy atom. The van der Waals surface area contributed by atoms with Crippen molar-refractivity contribution in [1.82, 2.24) is 30.3 Å². The second-order valence-corrected chi connectivity index (χ2v) is 5.33. The Bertz CT molecular complexity index is 845. The van der Waals surface area contributed by atoms with Crippen LogP contribution in [-0.2, 0) is 13.5 Å². The molecule has 1 amide bonds. The van der Waals surface area contributed by atoms with Crippen molar-refractivity contribution in [2.24, 2.45) is 7.05 Å². The van der Waals surface area contributed by atoms with Crippen molar-refractivity contribution in [1.29, 1.82) is 0 Å². The van der Waals surface area contributed by atoms with E-state index in [0.717, 1.165) is 17.2 Å². The number of aromatic nitrogens is 5. The standard InChI is InChI=1S/C17H18N6O2/c1-23-14(20-22-16(23)12-6-4-3-5-7-12)10-11-18-17(24)13-8-9-15(25-2)21-19-13/h3-9H,10-11H2,1-2H3,(H,18,24). The molecule has 0 aliphatic heterocycles. The second-order valence-electron chi connectivity index (χ2n) is 5.33. The van der Waals surface area contributed by atoms with Gasteiger partial charge in [0.05, 0.1) is 7.11 Å². The Morgan fingerprint density at radius 3 is 2.56 bits per heavy atom. The highest BCUT2D eigenvalue weighted by Gasteiger charge is 2.12. The number of amides is 1. The summed E-state index contributed by atoms with van der Waals surface area (Å²) in [6, 6.07) is 13.0. The first kappa shape index (κ1) is 16.6. The average Bonchev–Trinajstić information content (AvgIpc) is 3.03. The van der Waals surface area contributed by atoms with Crippen molar-refractivity contribution in [3.63, 3.8) is 0 Å². The number of carbonyl (C=O) groups is 1. The molecule has 2 aromatic heterocycles. The number of methoxy groups -OCH3 is 1. The molecule has 128 valence electrons.